The predicted octanol–water partition coefficient (Wildman–Crippen LogP) is 0.643. The fraction of sp³-hybridized carbons (Fsp3) is 0.667. The van der Waals surface area contributed by atoms with Crippen LogP contribution in [0.5, 0.6) is 0 Å². The van der Waals surface area contributed by atoms with Crippen LogP contribution < -0.4 is 0 Å². The zero-order valence-corrected chi connectivity index (χ0v) is 12.0. The molecule has 1 aliphatic carbocycles. The van der Waals surface area contributed by atoms with Crippen molar-refractivity contribution in [3.63, 3.8) is 0 Å². The van der Waals surface area contributed by atoms with E-state index in [1.807, 2.05) is 0 Å². The van der Waals surface area contributed by atoms with Crippen molar-refractivity contribution in [1.82, 2.24) is 4.31 Å². The van der Waals surface area contributed by atoms with Gasteiger partial charge in [-0.3, -0.25) is 0 Å². The second-order valence-electron chi connectivity index (χ2n) is 5.27. The Hall–Kier alpha value is -0.470. The molecule has 7 heteroatoms. The normalized spacial score (nSPS) is 36.3. The summed E-state index contributed by atoms with van der Waals surface area (Å²) in [7, 11) is -3.51. The smallest absolute Gasteiger partial charge is 0.252 e. The minimum absolute atomic E-state index is 0.0899. The monoisotopic (exact) mass is 303 g/mol. The Balaban J connectivity index is 1.90. The third-order valence-electron chi connectivity index (χ3n) is 4.16. The number of β-amino-alcohol motifs (C(OH)–C–C–N with tert-alkyl or cyclic N) is 1. The first kappa shape index (κ1) is 13.5. The van der Waals surface area contributed by atoms with Gasteiger partial charge in [0.1, 0.15) is 4.21 Å². The molecule has 0 amide bonds. The molecule has 1 saturated heterocycles. The lowest BCUT2D eigenvalue weighted by Crippen LogP contribution is -2.57. The fourth-order valence-corrected chi connectivity index (χ4v) is 5.93. The maximum Gasteiger partial charge on any atom is 0.252 e. The van der Waals surface area contributed by atoms with Crippen molar-refractivity contribution in [3.8, 4) is 0 Å². The van der Waals surface area contributed by atoms with Crippen molar-refractivity contribution in [2.24, 2.45) is 5.92 Å². The van der Waals surface area contributed by atoms with Crippen LogP contribution in [0.4, 0.5) is 0 Å². The van der Waals surface area contributed by atoms with Crippen LogP contribution in [0.15, 0.2) is 21.7 Å². The van der Waals surface area contributed by atoms with Crippen LogP contribution in [0.2, 0.25) is 0 Å². The summed E-state index contributed by atoms with van der Waals surface area (Å²) < 4.78 is 26.8. The molecule has 2 bridgehead atoms. The van der Waals surface area contributed by atoms with Crippen LogP contribution in [0.25, 0.3) is 0 Å². The lowest BCUT2D eigenvalue weighted by atomic mass is 9.77. The lowest BCUT2D eigenvalue weighted by Gasteiger charge is -2.46. The minimum Gasteiger partial charge on any atom is -0.393 e. The number of hydrogen-bond acceptors (Lipinski definition) is 5. The first-order valence-corrected chi connectivity index (χ1v) is 8.73. The fourth-order valence-electron chi connectivity index (χ4n) is 3.13. The molecule has 2 fully saturated rings. The number of rotatable bonds is 2. The third kappa shape index (κ3) is 2.23. The van der Waals surface area contributed by atoms with Gasteiger partial charge in [0.25, 0.3) is 10.0 Å². The first-order valence-electron chi connectivity index (χ1n) is 6.41. The SMILES string of the molecule is O=S(=O)(c1cccs1)N1C[C@H](O)C2C[C@H]1CC[C@H]2O. The Labute approximate surface area is 116 Å². The van der Waals surface area contributed by atoms with Gasteiger partial charge in [-0.1, -0.05) is 6.07 Å². The number of fused-ring (bicyclic) bond motifs is 2. The van der Waals surface area contributed by atoms with Crippen LogP contribution in [-0.2, 0) is 10.0 Å². The number of nitrogens with zero attached hydrogens (tertiary/aromatic N) is 1. The van der Waals surface area contributed by atoms with E-state index in [2.05, 4.69) is 0 Å². The number of piperidine rings is 1. The van der Waals surface area contributed by atoms with Gasteiger partial charge >= 0.3 is 0 Å². The van der Waals surface area contributed by atoms with Crippen molar-refractivity contribution < 1.29 is 18.6 Å². The number of thiophene rings is 1. The molecule has 0 spiro atoms. The van der Waals surface area contributed by atoms with Gasteiger partial charge in [-0.15, -0.1) is 11.3 Å². The summed E-state index contributed by atoms with van der Waals surface area (Å²) in [6, 6.07) is 3.21. The molecule has 0 aromatic carbocycles. The van der Waals surface area contributed by atoms with Crippen LogP contribution in [0, 0.1) is 5.92 Å². The highest BCUT2D eigenvalue weighted by Crippen LogP contribution is 2.38. The van der Waals surface area contributed by atoms with E-state index < -0.39 is 22.2 Å². The molecule has 1 unspecified atom stereocenters. The summed E-state index contributed by atoms with van der Waals surface area (Å²) in [6.07, 6.45) is 0.490. The molecule has 2 N–H and O–H groups in total. The number of sulfonamides is 1. The van der Waals surface area contributed by atoms with Gasteiger partial charge in [-0.25, -0.2) is 8.42 Å². The molecule has 1 aromatic heterocycles. The van der Waals surface area contributed by atoms with E-state index in [-0.39, 0.29) is 18.5 Å². The van der Waals surface area contributed by atoms with Gasteiger partial charge in [0.2, 0.25) is 0 Å². The molecular formula is C12H17NO4S2. The highest BCUT2D eigenvalue weighted by Gasteiger charge is 2.46. The molecule has 5 nitrogen and oxygen atoms in total. The number of aliphatic hydroxyl groups is 2. The first-order chi connectivity index (χ1) is 9.00. The van der Waals surface area contributed by atoms with Crippen LogP contribution in [0.3, 0.4) is 0 Å². The van der Waals surface area contributed by atoms with Crippen LogP contribution in [-0.4, -0.2) is 47.7 Å². The summed E-state index contributed by atoms with van der Waals surface area (Å²) in [4.78, 5) is 0. The van der Waals surface area contributed by atoms with Crippen molar-refractivity contribution in [2.75, 3.05) is 6.54 Å². The molecular weight excluding hydrogens is 286 g/mol. The Morgan fingerprint density at radius 1 is 1.26 bits per heavy atom. The van der Waals surface area contributed by atoms with Gasteiger partial charge in [0.15, 0.2) is 0 Å². The van der Waals surface area contributed by atoms with Crippen molar-refractivity contribution in [1.29, 1.82) is 0 Å². The number of aliphatic hydroxyl groups excluding tert-OH is 2. The Morgan fingerprint density at radius 3 is 2.74 bits per heavy atom. The summed E-state index contributed by atoms with van der Waals surface area (Å²) in [5.74, 6) is -0.187. The highest BCUT2D eigenvalue weighted by molar-refractivity contribution is 7.91. The summed E-state index contributed by atoms with van der Waals surface area (Å²) >= 11 is 1.20. The van der Waals surface area contributed by atoms with Crippen molar-refractivity contribution in [3.05, 3.63) is 17.5 Å². The van der Waals surface area contributed by atoms with E-state index in [4.69, 9.17) is 0 Å². The molecule has 1 saturated carbocycles. The highest BCUT2D eigenvalue weighted by atomic mass is 32.2. The molecule has 1 aromatic rings. The largest absolute Gasteiger partial charge is 0.393 e. The molecule has 2 heterocycles. The Kier molecular flexibility index (Phi) is 3.43. The van der Waals surface area contributed by atoms with Gasteiger partial charge < -0.3 is 10.2 Å². The van der Waals surface area contributed by atoms with E-state index in [9.17, 15) is 18.6 Å². The van der Waals surface area contributed by atoms with E-state index in [0.29, 0.717) is 23.5 Å². The van der Waals surface area contributed by atoms with Gasteiger partial charge in [0.05, 0.1) is 12.2 Å². The van der Waals surface area contributed by atoms with E-state index in [0.717, 1.165) is 0 Å². The van der Waals surface area contributed by atoms with Gasteiger partial charge in [-0.05, 0) is 30.7 Å². The predicted molar refractivity (Wildman–Crippen MR) is 71.4 cm³/mol. The minimum atomic E-state index is -3.51. The molecule has 106 valence electrons. The quantitative estimate of drug-likeness (QED) is 0.840. The van der Waals surface area contributed by atoms with E-state index in [1.165, 1.54) is 15.6 Å². The van der Waals surface area contributed by atoms with Crippen molar-refractivity contribution in [2.45, 2.75) is 41.7 Å². The molecule has 0 radical (unpaired) electrons. The maximum absolute atomic E-state index is 12.5. The van der Waals surface area contributed by atoms with E-state index >= 15 is 0 Å². The molecule has 3 rings (SSSR count). The van der Waals surface area contributed by atoms with E-state index in [1.54, 1.807) is 17.5 Å². The van der Waals surface area contributed by atoms with Gasteiger partial charge in [0, 0.05) is 18.5 Å². The summed E-state index contributed by atoms with van der Waals surface area (Å²) in [5.41, 5.74) is 0. The van der Waals surface area contributed by atoms with Crippen LogP contribution in [0.1, 0.15) is 19.3 Å². The Morgan fingerprint density at radius 2 is 2.05 bits per heavy atom. The number of hydrogen-bond donors (Lipinski definition) is 2. The zero-order chi connectivity index (χ0) is 13.6. The van der Waals surface area contributed by atoms with Gasteiger partial charge in [-0.2, -0.15) is 4.31 Å². The second-order valence-corrected chi connectivity index (χ2v) is 8.34. The maximum atomic E-state index is 12.5. The third-order valence-corrected chi connectivity index (χ3v) is 7.45. The van der Waals surface area contributed by atoms with Crippen LogP contribution >= 0.6 is 11.3 Å². The zero-order valence-electron chi connectivity index (χ0n) is 10.3. The molecule has 4 atom stereocenters. The topological polar surface area (TPSA) is 77.8 Å². The average Bonchev–Trinajstić information content (AvgIpc) is 2.91. The summed E-state index contributed by atoms with van der Waals surface area (Å²) in [5, 5.41) is 21.6. The Bertz CT molecular complexity index is 542. The second kappa shape index (κ2) is 4.82. The van der Waals surface area contributed by atoms with Crippen molar-refractivity contribution >= 4 is 21.4 Å². The standard InChI is InChI=1S/C12H17NO4S2/c14-10-4-3-8-6-9(10)11(15)7-13(8)19(16,17)12-2-1-5-18-12/h1-2,5,8-11,14-15H,3-4,6-7H2/t8-,9?,10-,11+/m1/s1. The summed E-state index contributed by atoms with van der Waals surface area (Å²) in [6.45, 7) is 0.0899. The molecule has 1 aliphatic heterocycles. The molecule has 19 heavy (non-hydrogen) atoms. The lowest BCUT2D eigenvalue weighted by molar-refractivity contribution is -0.0669. The average molecular weight is 303 g/mol. The molecule has 2 aliphatic rings.